The first kappa shape index (κ1) is 9.06. The monoisotopic (exact) mass is 228 g/mol. The van der Waals surface area contributed by atoms with Gasteiger partial charge in [-0.2, -0.15) is 0 Å². The van der Waals surface area contributed by atoms with Crippen LogP contribution in [0.1, 0.15) is 5.56 Å². The van der Waals surface area contributed by atoms with E-state index in [2.05, 4.69) is 25.9 Å². The maximum absolute atomic E-state index is 5.60. The minimum Gasteiger partial charge on any atom is -0.397 e. The Balaban J connectivity index is 3.02. The molecule has 0 aliphatic carbocycles. The molecular formula is C8H9BrN2O. The summed E-state index contributed by atoms with van der Waals surface area (Å²) in [6, 6.07) is 7.56. The van der Waals surface area contributed by atoms with Crippen molar-refractivity contribution in [3.63, 3.8) is 0 Å². The van der Waals surface area contributed by atoms with Crippen molar-refractivity contribution in [3.8, 4) is 0 Å². The van der Waals surface area contributed by atoms with E-state index in [4.69, 9.17) is 5.73 Å². The van der Waals surface area contributed by atoms with Gasteiger partial charge in [0.2, 0.25) is 0 Å². The van der Waals surface area contributed by atoms with Crippen LogP contribution in [0.2, 0.25) is 0 Å². The number of halogens is 1. The first-order chi connectivity index (χ1) is 5.75. The van der Waals surface area contributed by atoms with E-state index in [-0.39, 0.29) is 0 Å². The second-order valence-electron chi connectivity index (χ2n) is 2.14. The molecule has 2 N–H and O–H groups in total. The van der Waals surface area contributed by atoms with Crippen LogP contribution >= 0.6 is 15.9 Å². The normalized spacial score (nSPS) is 11.3. The molecule has 0 saturated heterocycles. The van der Waals surface area contributed by atoms with Crippen LogP contribution in [0, 0.1) is 0 Å². The van der Waals surface area contributed by atoms with Gasteiger partial charge in [-0.25, -0.2) is 0 Å². The highest BCUT2D eigenvalue weighted by molar-refractivity contribution is 9.10. The van der Waals surface area contributed by atoms with E-state index in [0.717, 1.165) is 10.0 Å². The first-order valence-corrected chi connectivity index (χ1v) is 4.16. The highest BCUT2D eigenvalue weighted by Gasteiger charge is 2.02. The molecule has 0 bridgehead atoms. The molecule has 12 heavy (non-hydrogen) atoms. The van der Waals surface area contributed by atoms with Gasteiger partial charge < -0.3 is 10.6 Å². The predicted octanol–water partition coefficient (Wildman–Crippen LogP) is 1.72. The second-order valence-corrected chi connectivity index (χ2v) is 2.99. The van der Waals surface area contributed by atoms with E-state index in [9.17, 15) is 0 Å². The number of hydrogen-bond acceptors (Lipinski definition) is 2. The van der Waals surface area contributed by atoms with Crippen LogP contribution in [0.25, 0.3) is 0 Å². The molecule has 0 unspecified atom stereocenters. The van der Waals surface area contributed by atoms with Gasteiger partial charge in [0, 0.05) is 10.0 Å². The summed E-state index contributed by atoms with van der Waals surface area (Å²) in [4.78, 5) is 4.56. The van der Waals surface area contributed by atoms with Crippen LogP contribution in [0.5, 0.6) is 0 Å². The third-order valence-electron chi connectivity index (χ3n) is 1.34. The number of rotatable bonds is 2. The third kappa shape index (κ3) is 1.98. The predicted molar refractivity (Wildman–Crippen MR) is 51.9 cm³/mol. The Hall–Kier alpha value is -1.03. The fraction of sp³-hybridized carbons (Fsp3) is 0.125. The molecule has 0 fully saturated rings. The molecule has 0 saturated carbocycles. The van der Waals surface area contributed by atoms with Crippen molar-refractivity contribution in [2.75, 3.05) is 7.11 Å². The molecule has 0 aliphatic rings. The molecule has 0 heterocycles. The number of hydrogen-bond donors (Lipinski definition) is 1. The van der Waals surface area contributed by atoms with Gasteiger partial charge >= 0.3 is 0 Å². The summed E-state index contributed by atoms with van der Waals surface area (Å²) in [5, 5.41) is 3.62. The van der Waals surface area contributed by atoms with Crippen molar-refractivity contribution in [3.05, 3.63) is 34.3 Å². The summed E-state index contributed by atoms with van der Waals surface area (Å²) >= 11 is 3.35. The van der Waals surface area contributed by atoms with E-state index >= 15 is 0 Å². The van der Waals surface area contributed by atoms with Crippen molar-refractivity contribution in [1.82, 2.24) is 0 Å². The van der Waals surface area contributed by atoms with Gasteiger partial charge in [0.25, 0.3) is 0 Å². The smallest absolute Gasteiger partial charge is 0.171 e. The molecule has 0 aliphatic heterocycles. The lowest BCUT2D eigenvalue weighted by atomic mass is 10.2. The van der Waals surface area contributed by atoms with Crippen molar-refractivity contribution < 1.29 is 4.84 Å². The Morgan fingerprint density at radius 2 is 2.17 bits per heavy atom. The molecule has 4 heteroatoms. The van der Waals surface area contributed by atoms with Crippen molar-refractivity contribution >= 4 is 21.8 Å². The molecule has 0 atom stereocenters. The number of benzene rings is 1. The van der Waals surface area contributed by atoms with Crippen LogP contribution in [0.3, 0.4) is 0 Å². The van der Waals surface area contributed by atoms with E-state index < -0.39 is 0 Å². The molecule has 1 aromatic rings. The van der Waals surface area contributed by atoms with Gasteiger partial charge in [0.15, 0.2) is 5.84 Å². The number of nitrogens with zero attached hydrogens (tertiary/aromatic N) is 1. The molecule has 3 nitrogen and oxygen atoms in total. The summed E-state index contributed by atoms with van der Waals surface area (Å²) in [7, 11) is 1.46. The van der Waals surface area contributed by atoms with Crippen LogP contribution in [0.4, 0.5) is 0 Å². The van der Waals surface area contributed by atoms with Crippen molar-refractivity contribution in [2.24, 2.45) is 10.9 Å². The number of oxime groups is 1. The van der Waals surface area contributed by atoms with Crippen molar-refractivity contribution in [2.45, 2.75) is 0 Å². The molecule has 64 valence electrons. The quantitative estimate of drug-likeness (QED) is 0.476. The minimum absolute atomic E-state index is 0.366. The highest BCUT2D eigenvalue weighted by Crippen LogP contribution is 2.15. The van der Waals surface area contributed by atoms with Gasteiger partial charge in [0.1, 0.15) is 7.11 Å². The van der Waals surface area contributed by atoms with E-state index in [1.807, 2.05) is 24.3 Å². The Labute approximate surface area is 79.3 Å². The van der Waals surface area contributed by atoms with Gasteiger partial charge in [-0.05, 0) is 6.07 Å². The second kappa shape index (κ2) is 4.11. The summed E-state index contributed by atoms with van der Waals surface area (Å²) in [6.45, 7) is 0. The van der Waals surface area contributed by atoms with E-state index in [1.54, 1.807) is 0 Å². The van der Waals surface area contributed by atoms with Crippen LogP contribution in [-0.4, -0.2) is 12.9 Å². The maximum atomic E-state index is 5.60. The lowest BCUT2D eigenvalue weighted by Gasteiger charge is -2.01. The lowest BCUT2D eigenvalue weighted by Crippen LogP contribution is -2.13. The zero-order chi connectivity index (χ0) is 8.97. The topological polar surface area (TPSA) is 47.6 Å². The number of amidine groups is 1. The summed E-state index contributed by atoms with van der Waals surface area (Å²) < 4.78 is 0.906. The summed E-state index contributed by atoms with van der Waals surface area (Å²) in [5.41, 5.74) is 6.43. The molecule has 1 rings (SSSR count). The largest absolute Gasteiger partial charge is 0.397 e. The number of nitrogens with two attached hydrogens (primary N) is 1. The molecule has 0 aromatic heterocycles. The Morgan fingerprint density at radius 1 is 1.50 bits per heavy atom. The molecule has 1 aromatic carbocycles. The molecule has 0 amide bonds. The summed E-state index contributed by atoms with van der Waals surface area (Å²) in [6.07, 6.45) is 0. The van der Waals surface area contributed by atoms with Gasteiger partial charge in [-0.3, -0.25) is 0 Å². The molecule has 0 radical (unpaired) electrons. The standard InChI is InChI=1S/C8H9BrN2O/c1-12-11-8(10)6-4-2-3-5-7(6)9/h2-5H,1H3,(H2,10,11). The maximum Gasteiger partial charge on any atom is 0.171 e. The van der Waals surface area contributed by atoms with Gasteiger partial charge in [0.05, 0.1) is 0 Å². The fourth-order valence-corrected chi connectivity index (χ4v) is 1.30. The van der Waals surface area contributed by atoms with Crippen LogP contribution < -0.4 is 5.73 Å². The molecular weight excluding hydrogens is 220 g/mol. The third-order valence-corrected chi connectivity index (χ3v) is 2.03. The Kier molecular flexibility index (Phi) is 3.10. The van der Waals surface area contributed by atoms with Crippen molar-refractivity contribution in [1.29, 1.82) is 0 Å². The average molecular weight is 229 g/mol. The zero-order valence-electron chi connectivity index (χ0n) is 6.62. The van der Waals surface area contributed by atoms with E-state index in [0.29, 0.717) is 5.84 Å². The van der Waals surface area contributed by atoms with Crippen LogP contribution in [-0.2, 0) is 4.84 Å². The van der Waals surface area contributed by atoms with Gasteiger partial charge in [-0.15, -0.1) is 0 Å². The molecule has 0 spiro atoms. The Morgan fingerprint density at radius 3 is 2.75 bits per heavy atom. The van der Waals surface area contributed by atoms with Gasteiger partial charge in [-0.1, -0.05) is 39.3 Å². The SMILES string of the molecule is CO/N=C(\N)c1ccccc1Br. The lowest BCUT2D eigenvalue weighted by molar-refractivity contribution is 0.213. The van der Waals surface area contributed by atoms with E-state index in [1.165, 1.54) is 7.11 Å². The summed E-state index contributed by atoms with van der Waals surface area (Å²) in [5.74, 6) is 0.366. The Bertz CT molecular complexity index is 299. The fourth-order valence-electron chi connectivity index (χ4n) is 0.816. The highest BCUT2D eigenvalue weighted by atomic mass is 79.9. The zero-order valence-corrected chi connectivity index (χ0v) is 8.21. The minimum atomic E-state index is 0.366. The van der Waals surface area contributed by atoms with Crippen LogP contribution in [0.15, 0.2) is 33.9 Å². The average Bonchev–Trinajstić information content (AvgIpc) is 2.05. The first-order valence-electron chi connectivity index (χ1n) is 3.37.